The molecule has 1 aliphatic rings. The van der Waals surface area contributed by atoms with Gasteiger partial charge in [0.05, 0.1) is 0 Å². The van der Waals surface area contributed by atoms with Crippen molar-refractivity contribution in [2.24, 2.45) is 5.92 Å². The summed E-state index contributed by atoms with van der Waals surface area (Å²) in [6, 6.07) is 9.50. The van der Waals surface area contributed by atoms with Crippen molar-refractivity contribution in [3.8, 4) is 0 Å². The molecule has 0 aliphatic carbocycles. The van der Waals surface area contributed by atoms with Crippen LogP contribution in [0.25, 0.3) is 0 Å². The van der Waals surface area contributed by atoms with E-state index in [1.54, 1.807) is 0 Å². The fourth-order valence-corrected chi connectivity index (χ4v) is 3.11. The van der Waals surface area contributed by atoms with Crippen LogP contribution in [0, 0.1) is 12.8 Å². The molecule has 0 bridgehead atoms. The topological polar surface area (TPSA) is 15.3 Å². The van der Waals surface area contributed by atoms with Gasteiger partial charge in [0.1, 0.15) is 0 Å². The summed E-state index contributed by atoms with van der Waals surface area (Å²) >= 11 is 0. The van der Waals surface area contributed by atoms with Crippen molar-refractivity contribution in [3.63, 3.8) is 0 Å². The number of piperidine rings is 1. The van der Waals surface area contributed by atoms with Gasteiger partial charge in [-0.15, -0.1) is 0 Å². The van der Waals surface area contributed by atoms with Crippen LogP contribution in [-0.4, -0.2) is 37.1 Å². The molecule has 2 heteroatoms. The Balaban J connectivity index is 1.58. The summed E-state index contributed by atoms with van der Waals surface area (Å²) in [5.74, 6) is 0.933. The van der Waals surface area contributed by atoms with E-state index in [0.717, 1.165) is 12.5 Å². The van der Waals surface area contributed by atoms with Gasteiger partial charge in [-0.2, -0.15) is 0 Å². The van der Waals surface area contributed by atoms with Crippen LogP contribution < -0.4 is 5.32 Å². The van der Waals surface area contributed by atoms with Crippen LogP contribution in [0.4, 0.5) is 0 Å². The monoisotopic (exact) mass is 288 g/mol. The maximum absolute atomic E-state index is 3.68. The van der Waals surface area contributed by atoms with Crippen LogP contribution in [0.3, 0.4) is 0 Å². The maximum atomic E-state index is 3.68. The lowest BCUT2D eigenvalue weighted by Gasteiger charge is -2.30. The fourth-order valence-electron chi connectivity index (χ4n) is 3.11. The zero-order valence-corrected chi connectivity index (χ0v) is 14.1. The molecule has 118 valence electrons. The van der Waals surface area contributed by atoms with E-state index in [0.29, 0.717) is 6.04 Å². The van der Waals surface area contributed by atoms with Gasteiger partial charge >= 0.3 is 0 Å². The van der Waals surface area contributed by atoms with Crippen molar-refractivity contribution in [2.45, 2.75) is 52.5 Å². The van der Waals surface area contributed by atoms with E-state index in [4.69, 9.17) is 0 Å². The second kappa shape index (κ2) is 8.55. The smallest absolute Gasteiger partial charge is 0.0107 e. The van der Waals surface area contributed by atoms with Crippen molar-refractivity contribution in [3.05, 3.63) is 35.4 Å². The van der Waals surface area contributed by atoms with Gasteiger partial charge in [-0.25, -0.2) is 0 Å². The molecule has 0 radical (unpaired) electrons. The number of hydrogen-bond donors (Lipinski definition) is 1. The minimum absolute atomic E-state index is 0.606. The van der Waals surface area contributed by atoms with E-state index < -0.39 is 0 Å². The van der Waals surface area contributed by atoms with E-state index in [1.165, 1.54) is 56.4 Å². The Morgan fingerprint density at radius 2 is 2.05 bits per heavy atom. The predicted octanol–water partition coefficient (Wildman–Crippen LogP) is 3.64. The third kappa shape index (κ3) is 6.19. The Morgan fingerprint density at radius 1 is 1.29 bits per heavy atom. The molecule has 0 aromatic heterocycles. The SMILES string of the molecule is Cc1cccc(CCC(C)NCCN2CCC(C)CC2)c1. The lowest BCUT2D eigenvalue weighted by atomic mass is 9.99. The van der Waals surface area contributed by atoms with Crippen molar-refractivity contribution >= 4 is 0 Å². The number of benzene rings is 1. The second-order valence-electron chi connectivity index (χ2n) is 6.91. The minimum Gasteiger partial charge on any atom is -0.313 e. The zero-order valence-electron chi connectivity index (χ0n) is 14.1. The molecule has 0 spiro atoms. The van der Waals surface area contributed by atoms with Crippen LogP contribution in [0.1, 0.15) is 44.2 Å². The Hall–Kier alpha value is -0.860. The van der Waals surface area contributed by atoms with Gasteiger partial charge in [0, 0.05) is 19.1 Å². The first kappa shape index (κ1) is 16.5. The van der Waals surface area contributed by atoms with Gasteiger partial charge < -0.3 is 10.2 Å². The van der Waals surface area contributed by atoms with Crippen LogP contribution in [0.5, 0.6) is 0 Å². The highest BCUT2D eigenvalue weighted by atomic mass is 15.1. The average molecular weight is 288 g/mol. The third-order valence-corrected chi connectivity index (χ3v) is 4.75. The second-order valence-corrected chi connectivity index (χ2v) is 6.91. The highest BCUT2D eigenvalue weighted by molar-refractivity contribution is 5.22. The van der Waals surface area contributed by atoms with Gasteiger partial charge in [0.25, 0.3) is 0 Å². The van der Waals surface area contributed by atoms with Gasteiger partial charge in [-0.1, -0.05) is 36.8 Å². The number of rotatable bonds is 7. The first-order valence-electron chi connectivity index (χ1n) is 8.65. The molecule has 1 heterocycles. The zero-order chi connectivity index (χ0) is 15.1. The molecule has 0 amide bonds. The summed E-state index contributed by atoms with van der Waals surface area (Å²) in [5, 5.41) is 3.68. The van der Waals surface area contributed by atoms with Crippen molar-refractivity contribution in [2.75, 3.05) is 26.2 Å². The first-order chi connectivity index (χ1) is 10.1. The Bertz CT molecular complexity index is 408. The number of likely N-dealkylation sites (tertiary alicyclic amines) is 1. The maximum Gasteiger partial charge on any atom is 0.0107 e. The summed E-state index contributed by atoms with van der Waals surface area (Å²) in [6.45, 7) is 11.8. The van der Waals surface area contributed by atoms with Gasteiger partial charge in [0.2, 0.25) is 0 Å². The summed E-state index contributed by atoms with van der Waals surface area (Å²) in [5.41, 5.74) is 2.83. The van der Waals surface area contributed by atoms with Gasteiger partial charge in [0.15, 0.2) is 0 Å². The van der Waals surface area contributed by atoms with Gasteiger partial charge in [-0.05, 0) is 64.1 Å². The quantitative estimate of drug-likeness (QED) is 0.824. The lowest BCUT2D eigenvalue weighted by Crippen LogP contribution is -2.39. The molecule has 21 heavy (non-hydrogen) atoms. The van der Waals surface area contributed by atoms with E-state index in [1.807, 2.05) is 0 Å². The molecule has 2 rings (SSSR count). The number of hydrogen-bond acceptors (Lipinski definition) is 2. The molecule has 1 aromatic rings. The molecule has 0 saturated carbocycles. The molecule has 1 saturated heterocycles. The third-order valence-electron chi connectivity index (χ3n) is 4.75. The largest absolute Gasteiger partial charge is 0.313 e. The van der Waals surface area contributed by atoms with Crippen molar-refractivity contribution < 1.29 is 0 Å². The molecule has 1 N–H and O–H groups in total. The molecule has 1 aliphatic heterocycles. The van der Waals surface area contributed by atoms with Gasteiger partial charge in [-0.3, -0.25) is 0 Å². The lowest BCUT2D eigenvalue weighted by molar-refractivity contribution is 0.191. The summed E-state index contributed by atoms with van der Waals surface area (Å²) in [6.07, 6.45) is 5.16. The van der Waals surface area contributed by atoms with Crippen molar-refractivity contribution in [1.82, 2.24) is 10.2 Å². The molecule has 1 fully saturated rings. The highest BCUT2D eigenvalue weighted by Crippen LogP contribution is 2.15. The summed E-state index contributed by atoms with van der Waals surface area (Å²) in [7, 11) is 0. The predicted molar refractivity (Wildman–Crippen MR) is 91.8 cm³/mol. The van der Waals surface area contributed by atoms with E-state index >= 15 is 0 Å². The van der Waals surface area contributed by atoms with E-state index in [2.05, 4.69) is 55.3 Å². The molecule has 1 aromatic carbocycles. The normalized spacial score (nSPS) is 18.8. The van der Waals surface area contributed by atoms with E-state index in [9.17, 15) is 0 Å². The van der Waals surface area contributed by atoms with Crippen molar-refractivity contribution in [1.29, 1.82) is 0 Å². The number of nitrogens with zero attached hydrogens (tertiary/aromatic N) is 1. The van der Waals surface area contributed by atoms with Crippen LogP contribution >= 0.6 is 0 Å². The number of aryl methyl sites for hydroxylation is 2. The van der Waals surface area contributed by atoms with E-state index in [-0.39, 0.29) is 0 Å². The van der Waals surface area contributed by atoms with Crippen LogP contribution in [0.2, 0.25) is 0 Å². The Morgan fingerprint density at radius 3 is 2.76 bits per heavy atom. The standard InChI is InChI=1S/C19H32N2/c1-16-9-12-21(13-10-16)14-11-20-18(3)7-8-19-6-4-5-17(2)15-19/h4-6,15-16,18,20H,7-14H2,1-3H3. The average Bonchev–Trinajstić information content (AvgIpc) is 2.47. The molecule has 1 atom stereocenters. The Labute approximate surface area is 130 Å². The first-order valence-corrected chi connectivity index (χ1v) is 8.65. The molecular weight excluding hydrogens is 256 g/mol. The van der Waals surface area contributed by atoms with Crippen LogP contribution in [-0.2, 0) is 6.42 Å². The number of nitrogens with one attached hydrogen (secondary N) is 1. The van der Waals surface area contributed by atoms with Crippen LogP contribution in [0.15, 0.2) is 24.3 Å². The fraction of sp³-hybridized carbons (Fsp3) is 0.684. The summed E-state index contributed by atoms with van der Waals surface area (Å²) < 4.78 is 0. The molecule has 1 unspecified atom stereocenters. The molecule has 2 nitrogen and oxygen atoms in total. The minimum atomic E-state index is 0.606. The summed E-state index contributed by atoms with van der Waals surface area (Å²) in [4.78, 5) is 2.61. The molecular formula is C19H32N2. The Kier molecular flexibility index (Phi) is 6.72. The highest BCUT2D eigenvalue weighted by Gasteiger charge is 2.15.